The molecule has 0 saturated heterocycles. The third kappa shape index (κ3) is 2.30. The number of phenols is 1. The highest BCUT2D eigenvalue weighted by atomic mass is 16.3. The Bertz CT molecular complexity index is 885. The van der Waals surface area contributed by atoms with Gasteiger partial charge in [0.15, 0.2) is 0 Å². The van der Waals surface area contributed by atoms with Gasteiger partial charge < -0.3 is 16.2 Å². The van der Waals surface area contributed by atoms with Crippen molar-refractivity contribution in [1.29, 1.82) is 0 Å². The van der Waals surface area contributed by atoms with Crippen molar-refractivity contribution in [1.82, 2.24) is 14.8 Å². The molecule has 6 heteroatoms. The summed E-state index contributed by atoms with van der Waals surface area (Å²) >= 11 is 0. The molecule has 114 valence electrons. The van der Waals surface area contributed by atoms with Crippen LogP contribution in [0.2, 0.25) is 0 Å². The molecule has 0 amide bonds. The number of nitrogens with zero attached hydrogens (tertiary/aromatic N) is 3. The quantitative estimate of drug-likeness (QED) is 0.677. The van der Waals surface area contributed by atoms with E-state index in [-0.39, 0.29) is 17.7 Å². The van der Waals surface area contributed by atoms with E-state index in [1.54, 1.807) is 16.8 Å². The monoisotopic (exact) mass is 305 g/mol. The lowest BCUT2D eigenvalue weighted by Gasteiger charge is -2.24. The molecule has 4 N–H and O–H groups in total. The van der Waals surface area contributed by atoms with Crippen LogP contribution in [0.25, 0.3) is 5.70 Å². The molecule has 3 aromatic rings. The summed E-state index contributed by atoms with van der Waals surface area (Å²) in [5.41, 5.74) is 8.30. The Morgan fingerprint density at radius 2 is 1.78 bits per heavy atom. The summed E-state index contributed by atoms with van der Waals surface area (Å²) in [6.07, 6.45) is 2.01. The molecular weight excluding hydrogens is 290 g/mol. The first kappa shape index (κ1) is 13.4. The minimum atomic E-state index is -0.146. The summed E-state index contributed by atoms with van der Waals surface area (Å²) < 4.78 is 1.74. The van der Waals surface area contributed by atoms with Crippen molar-refractivity contribution < 1.29 is 5.11 Å². The van der Waals surface area contributed by atoms with Crippen molar-refractivity contribution in [3.63, 3.8) is 0 Å². The van der Waals surface area contributed by atoms with E-state index in [2.05, 4.69) is 15.4 Å². The van der Waals surface area contributed by atoms with Crippen molar-refractivity contribution in [2.24, 2.45) is 0 Å². The second kappa shape index (κ2) is 5.17. The fraction of sp³-hybridized carbons (Fsp3) is 0.0588. The van der Waals surface area contributed by atoms with E-state index < -0.39 is 0 Å². The van der Waals surface area contributed by atoms with Gasteiger partial charge in [0.2, 0.25) is 11.9 Å². The molecule has 0 saturated carbocycles. The van der Waals surface area contributed by atoms with Gasteiger partial charge in [-0.1, -0.05) is 42.5 Å². The van der Waals surface area contributed by atoms with Crippen LogP contribution >= 0.6 is 0 Å². The molecule has 6 nitrogen and oxygen atoms in total. The third-order valence-corrected chi connectivity index (χ3v) is 3.82. The van der Waals surface area contributed by atoms with Crippen LogP contribution in [-0.2, 0) is 0 Å². The zero-order valence-corrected chi connectivity index (χ0v) is 12.2. The molecule has 0 bridgehead atoms. The lowest BCUT2D eigenvalue weighted by atomic mass is 10.0. The number of benzene rings is 2. The van der Waals surface area contributed by atoms with Gasteiger partial charge in [0, 0.05) is 5.56 Å². The molecule has 2 heterocycles. The van der Waals surface area contributed by atoms with E-state index >= 15 is 0 Å². The Morgan fingerprint density at radius 3 is 2.57 bits per heavy atom. The number of nitrogens with two attached hydrogens (primary N) is 1. The molecule has 0 spiro atoms. The Labute approximate surface area is 132 Å². The Balaban J connectivity index is 1.86. The van der Waals surface area contributed by atoms with Crippen LogP contribution in [0.3, 0.4) is 0 Å². The number of rotatable bonds is 2. The van der Waals surface area contributed by atoms with Crippen LogP contribution in [0, 0.1) is 0 Å². The third-order valence-electron chi connectivity index (χ3n) is 3.82. The van der Waals surface area contributed by atoms with E-state index in [4.69, 9.17) is 5.73 Å². The van der Waals surface area contributed by atoms with Crippen LogP contribution in [-0.4, -0.2) is 19.9 Å². The van der Waals surface area contributed by atoms with E-state index in [0.29, 0.717) is 11.5 Å². The van der Waals surface area contributed by atoms with Crippen LogP contribution in [0.5, 0.6) is 5.75 Å². The zero-order valence-electron chi connectivity index (χ0n) is 12.2. The van der Waals surface area contributed by atoms with Gasteiger partial charge >= 0.3 is 0 Å². The first-order chi connectivity index (χ1) is 11.2. The number of anilines is 2. The molecule has 1 aromatic heterocycles. The minimum Gasteiger partial charge on any atom is -0.507 e. The molecule has 1 atom stereocenters. The fourth-order valence-electron chi connectivity index (χ4n) is 2.76. The number of aromatic nitrogens is 3. The summed E-state index contributed by atoms with van der Waals surface area (Å²) in [6, 6.07) is 17.0. The number of aromatic hydroxyl groups is 1. The Kier molecular flexibility index (Phi) is 3.01. The van der Waals surface area contributed by atoms with Gasteiger partial charge in [0.1, 0.15) is 11.8 Å². The molecule has 0 unspecified atom stereocenters. The number of para-hydroxylation sites is 1. The average Bonchev–Trinajstić information content (AvgIpc) is 2.95. The van der Waals surface area contributed by atoms with Gasteiger partial charge in [0.05, 0.1) is 5.70 Å². The highest BCUT2D eigenvalue weighted by Crippen LogP contribution is 2.35. The first-order valence-corrected chi connectivity index (χ1v) is 7.26. The number of nitrogens with one attached hydrogen (secondary N) is 1. The lowest BCUT2D eigenvalue weighted by molar-refractivity contribution is 0.473. The Morgan fingerprint density at radius 1 is 1.04 bits per heavy atom. The van der Waals surface area contributed by atoms with Gasteiger partial charge in [-0.3, -0.25) is 0 Å². The van der Waals surface area contributed by atoms with Crippen molar-refractivity contribution >= 4 is 17.6 Å². The zero-order chi connectivity index (χ0) is 15.8. The number of nitrogen functional groups attached to an aromatic ring is 1. The molecule has 0 aliphatic carbocycles. The van der Waals surface area contributed by atoms with Crippen LogP contribution in [0.15, 0.2) is 60.7 Å². The van der Waals surface area contributed by atoms with E-state index in [9.17, 15) is 5.11 Å². The molecule has 23 heavy (non-hydrogen) atoms. The molecule has 2 aromatic carbocycles. The predicted molar refractivity (Wildman–Crippen MR) is 88.7 cm³/mol. The standard InChI is InChI=1S/C17H15N5O/c18-16-20-17-19-13(12-8-4-5-9-15(12)23)10-14(22(17)21-16)11-6-2-1-3-7-11/h1-10,14,23H,(H3,18,19,20,21)/t14-/m0/s1. The number of allylic oxidation sites excluding steroid dienone is 1. The molecule has 0 radical (unpaired) electrons. The molecule has 1 aliphatic heterocycles. The highest BCUT2D eigenvalue weighted by molar-refractivity contribution is 5.80. The maximum Gasteiger partial charge on any atom is 0.241 e. The number of phenolic OH excluding ortho intramolecular Hbond substituents is 1. The SMILES string of the molecule is Nc1nc2n(n1)[C@H](c1ccccc1)C=C(c1ccccc1O)N2. The number of hydrogen-bond donors (Lipinski definition) is 3. The van der Waals surface area contributed by atoms with Gasteiger partial charge in [-0.25, -0.2) is 4.68 Å². The second-order valence-electron chi connectivity index (χ2n) is 5.32. The number of hydrogen-bond acceptors (Lipinski definition) is 5. The Hall–Kier alpha value is -3.28. The van der Waals surface area contributed by atoms with Crippen molar-refractivity contribution in [3.8, 4) is 5.75 Å². The lowest BCUT2D eigenvalue weighted by Crippen LogP contribution is -2.20. The van der Waals surface area contributed by atoms with E-state index in [1.807, 2.05) is 48.5 Å². The number of fused-ring (bicyclic) bond motifs is 1. The topological polar surface area (TPSA) is 89.0 Å². The smallest absolute Gasteiger partial charge is 0.241 e. The maximum atomic E-state index is 10.1. The maximum absolute atomic E-state index is 10.1. The summed E-state index contributed by atoms with van der Waals surface area (Å²) in [4.78, 5) is 4.23. The normalized spacial score (nSPS) is 16.3. The average molecular weight is 305 g/mol. The summed E-state index contributed by atoms with van der Waals surface area (Å²) in [5, 5.41) is 17.6. The van der Waals surface area contributed by atoms with Crippen LogP contribution in [0.1, 0.15) is 17.2 Å². The summed E-state index contributed by atoms with van der Waals surface area (Å²) in [6.45, 7) is 0. The van der Waals surface area contributed by atoms with Crippen molar-refractivity contribution in [2.45, 2.75) is 6.04 Å². The fourth-order valence-corrected chi connectivity index (χ4v) is 2.76. The van der Waals surface area contributed by atoms with Crippen LogP contribution < -0.4 is 11.1 Å². The van der Waals surface area contributed by atoms with E-state index in [0.717, 1.165) is 11.3 Å². The first-order valence-electron chi connectivity index (χ1n) is 7.26. The van der Waals surface area contributed by atoms with Gasteiger partial charge in [0.25, 0.3) is 0 Å². The summed E-state index contributed by atoms with van der Waals surface area (Å²) in [5.74, 6) is 0.969. The van der Waals surface area contributed by atoms with Crippen molar-refractivity contribution in [2.75, 3.05) is 11.1 Å². The minimum absolute atomic E-state index is 0.146. The van der Waals surface area contributed by atoms with Gasteiger partial charge in [-0.2, -0.15) is 4.98 Å². The van der Waals surface area contributed by atoms with Crippen LogP contribution in [0.4, 0.5) is 11.9 Å². The molecular formula is C17H15N5O. The molecule has 4 rings (SSSR count). The van der Waals surface area contributed by atoms with E-state index in [1.165, 1.54) is 0 Å². The highest BCUT2D eigenvalue weighted by Gasteiger charge is 2.25. The molecule has 1 aliphatic rings. The largest absolute Gasteiger partial charge is 0.507 e. The summed E-state index contributed by atoms with van der Waals surface area (Å²) in [7, 11) is 0. The van der Waals surface area contributed by atoms with Crippen molar-refractivity contribution in [3.05, 3.63) is 71.8 Å². The van der Waals surface area contributed by atoms with Gasteiger partial charge in [-0.05, 0) is 23.8 Å². The second-order valence-corrected chi connectivity index (χ2v) is 5.32. The van der Waals surface area contributed by atoms with Gasteiger partial charge in [-0.15, -0.1) is 5.10 Å². The predicted octanol–water partition coefficient (Wildman–Crippen LogP) is 2.62. The molecule has 0 fully saturated rings.